The fraction of sp³-hybridized carbons (Fsp3) is 0.652. The van der Waals surface area contributed by atoms with Crippen molar-refractivity contribution in [2.45, 2.75) is 72.1 Å². The molecular formula is C23H38N2. The van der Waals surface area contributed by atoms with Gasteiger partial charge in [-0.2, -0.15) is 0 Å². The van der Waals surface area contributed by atoms with Gasteiger partial charge in [0.15, 0.2) is 0 Å². The van der Waals surface area contributed by atoms with E-state index in [0.29, 0.717) is 0 Å². The van der Waals surface area contributed by atoms with Crippen LogP contribution in [0.5, 0.6) is 0 Å². The second-order valence-corrected chi connectivity index (χ2v) is 7.30. The molecule has 2 fully saturated rings. The molecule has 4 aliphatic rings. The molecule has 0 aromatic carbocycles. The highest BCUT2D eigenvalue weighted by molar-refractivity contribution is 5.41. The van der Waals surface area contributed by atoms with Gasteiger partial charge < -0.3 is 10.6 Å². The van der Waals surface area contributed by atoms with E-state index in [1.807, 2.05) is 0 Å². The average molecular weight is 343 g/mol. The molecule has 2 heterocycles. The second kappa shape index (κ2) is 11.5. The van der Waals surface area contributed by atoms with Crippen LogP contribution in [0.3, 0.4) is 0 Å². The Kier molecular flexibility index (Phi) is 9.28. The number of hydrogen-bond donors (Lipinski definition) is 2. The largest absolute Gasteiger partial charge is 0.312 e. The molecule has 0 spiro atoms. The van der Waals surface area contributed by atoms with E-state index in [1.54, 1.807) is 27.9 Å². The Morgan fingerprint density at radius 2 is 1.32 bits per heavy atom. The fourth-order valence-corrected chi connectivity index (χ4v) is 3.91. The zero-order valence-electron chi connectivity index (χ0n) is 16.7. The maximum atomic E-state index is 3.45. The molecule has 2 aliphatic heterocycles. The van der Waals surface area contributed by atoms with E-state index in [1.165, 1.54) is 64.5 Å². The van der Waals surface area contributed by atoms with Crippen molar-refractivity contribution in [3.63, 3.8) is 0 Å². The molecule has 2 N–H and O–H groups in total. The van der Waals surface area contributed by atoms with Crippen molar-refractivity contribution in [3.05, 3.63) is 46.1 Å². The highest BCUT2D eigenvalue weighted by Gasteiger charge is 2.17. The van der Waals surface area contributed by atoms with Gasteiger partial charge >= 0.3 is 0 Å². The van der Waals surface area contributed by atoms with E-state index in [9.17, 15) is 0 Å². The van der Waals surface area contributed by atoms with E-state index in [0.717, 1.165) is 13.1 Å². The normalized spacial score (nSPS) is 22.0. The summed E-state index contributed by atoms with van der Waals surface area (Å²) >= 11 is 0. The first-order chi connectivity index (χ1) is 12.3. The van der Waals surface area contributed by atoms with E-state index >= 15 is 0 Å². The Balaban J connectivity index is 0.000000158. The van der Waals surface area contributed by atoms with Crippen molar-refractivity contribution < 1.29 is 0 Å². The molecule has 0 amide bonds. The number of fused-ring (bicyclic) bond motifs is 2. The van der Waals surface area contributed by atoms with Gasteiger partial charge in [0, 0.05) is 13.1 Å². The zero-order valence-corrected chi connectivity index (χ0v) is 16.7. The first kappa shape index (κ1) is 20.2. The molecule has 0 atom stereocenters. The van der Waals surface area contributed by atoms with Crippen LogP contribution in [-0.2, 0) is 0 Å². The molecule has 0 radical (unpaired) electrons. The van der Waals surface area contributed by atoms with Crippen LogP contribution in [0.4, 0.5) is 0 Å². The van der Waals surface area contributed by atoms with Gasteiger partial charge in [-0.1, -0.05) is 51.0 Å². The van der Waals surface area contributed by atoms with Gasteiger partial charge in [0.05, 0.1) is 0 Å². The van der Waals surface area contributed by atoms with Crippen LogP contribution in [0.25, 0.3) is 0 Å². The summed E-state index contributed by atoms with van der Waals surface area (Å²) in [5, 5.41) is 6.82. The Hall–Kier alpha value is -1.12. The van der Waals surface area contributed by atoms with E-state index < -0.39 is 0 Å². The number of hydrogen-bond acceptors (Lipinski definition) is 2. The number of piperidine rings is 2. The van der Waals surface area contributed by atoms with Crippen molar-refractivity contribution in [2.75, 3.05) is 26.2 Å². The molecule has 2 heteroatoms. The molecule has 140 valence electrons. The van der Waals surface area contributed by atoms with Crippen molar-refractivity contribution in [1.82, 2.24) is 10.6 Å². The highest BCUT2D eigenvalue weighted by atomic mass is 14.9. The van der Waals surface area contributed by atoms with E-state index in [-0.39, 0.29) is 0 Å². The van der Waals surface area contributed by atoms with Gasteiger partial charge in [-0.05, 0) is 80.3 Å². The lowest BCUT2D eigenvalue weighted by atomic mass is 9.86. The van der Waals surface area contributed by atoms with Crippen molar-refractivity contribution >= 4 is 0 Å². The van der Waals surface area contributed by atoms with Gasteiger partial charge in [-0.15, -0.1) is 0 Å². The van der Waals surface area contributed by atoms with Crippen LogP contribution >= 0.6 is 0 Å². The third-order valence-electron chi connectivity index (χ3n) is 5.20. The lowest BCUT2D eigenvalue weighted by Crippen LogP contribution is -2.27. The summed E-state index contributed by atoms with van der Waals surface area (Å²) in [4.78, 5) is 0. The zero-order chi connectivity index (χ0) is 17.9. The first-order valence-corrected chi connectivity index (χ1v) is 10.5. The standard InChI is InChI=1S/C11H17N.C9H13N.C3H8/c1-2-9-4-3-5-10-6-7-12-8-11(9)10;1-2-4-9-7-10-6-5-8(9)3-1;1-3-2/h5,12H,2-4,6-8H2,1H3;3-4,10H,1-2,5-7H2;3H2,1-2H3. The third-order valence-corrected chi connectivity index (χ3v) is 5.20. The summed E-state index contributed by atoms with van der Waals surface area (Å²) in [6.45, 7) is 11.1. The predicted molar refractivity (Wildman–Crippen MR) is 111 cm³/mol. The SMILES string of the molecule is C1=C2CCNCC2=CCC1.CCC.CCC1=C2CNCCC2=CCC1. The summed E-state index contributed by atoms with van der Waals surface area (Å²) < 4.78 is 0. The minimum Gasteiger partial charge on any atom is -0.312 e. The van der Waals surface area contributed by atoms with Gasteiger partial charge in [0.2, 0.25) is 0 Å². The summed E-state index contributed by atoms with van der Waals surface area (Å²) in [5.41, 5.74) is 8.12. The maximum Gasteiger partial charge on any atom is 0.0207 e. The summed E-state index contributed by atoms with van der Waals surface area (Å²) in [6.07, 6.45) is 17.3. The van der Waals surface area contributed by atoms with E-state index in [2.05, 4.69) is 49.6 Å². The molecular weight excluding hydrogens is 304 g/mol. The van der Waals surface area contributed by atoms with Crippen molar-refractivity contribution in [3.8, 4) is 0 Å². The van der Waals surface area contributed by atoms with Crippen LogP contribution in [0.2, 0.25) is 0 Å². The predicted octanol–water partition coefficient (Wildman–Crippen LogP) is 5.45. The Morgan fingerprint density at radius 3 is 2.00 bits per heavy atom. The summed E-state index contributed by atoms with van der Waals surface area (Å²) in [5.74, 6) is 0. The molecule has 25 heavy (non-hydrogen) atoms. The topological polar surface area (TPSA) is 24.1 Å². The highest BCUT2D eigenvalue weighted by Crippen LogP contribution is 2.30. The Labute approximate surface area is 155 Å². The molecule has 0 aromatic rings. The second-order valence-electron chi connectivity index (χ2n) is 7.30. The Morgan fingerprint density at radius 1 is 0.720 bits per heavy atom. The van der Waals surface area contributed by atoms with E-state index in [4.69, 9.17) is 0 Å². The average Bonchev–Trinajstić information content (AvgIpc) is 2.69. The molecule has 0 unspecified atom stereocenters. The molecule has 0 aromatic heterocycles. The summed E-state index contributed by atoms with van der Waals surface area (Å²) in [7, 11) is 0. The monoisotopic (exact) mass is 342 g/mol. The molecule has 2 aliphatic carbocycles. The van der Waals surface area contributed by atoms with Crippen LogP contribution in [0, 0.1) is 0 Å². The molecule has 0 bridgehead atoms. The molecule has 2 saturated heterocycles. The maximum absolute atomic E-state index is 3.45. The van der Waals surface area contributed by atoms with Crippen LogP contribution in [0.1, 0.15) is 72.1 Å². The third kappa shape index (κ3) is 6.27. The van der Waals surface area contributed by atoms with Gasteiger partial charge in [-0.3, -0.25) is 0 Å². The van der Waals surface area contributed by atoms with Crippen LogP contribution in [-0.4, -0.2) is 26.2 Å². The van der Waals surface area contributed by atoms with Crippen molar-refractivity contribution in [1.29, 1.82) is 0 Å². The molecule has 2 nitrogen and oxygen atoms in total. The first-order valence-electron chi connectivity index (χ1n) is 10.5. The smallest absolute Gasteiger partial charge is 0.0207 e. The number of nitrogens with one attached hydrogen (secondary N) is 2. The molecule has 0 saturated carbocycles. The summed E-state index contributed by atoms with van der Waals surface area (Å²) in [6, 6.07) is 0. The van der Waals surface area contributed by atoms with Crippen molar-refractivity contribution in [2.24, 2.45) is 0 Å². The molecule has 4 rings (SSSR count). The Bertz CT molecular complexity index is 512. The minimum atomic E-state index is 1.10. The number of allylic oxidation sites excluding steroid dienone is 4. The van der Waals surface area contributed by atoms with Gasteiger partial charge in [0.1, 0.15) is 0 Å². The quantitative estimate of drug-likeness (QED) is 0.662. The lowest BCUT2D eigenvalue weighted by molar-refractivity contribution is 0.655. The van der Waals surface area contributed by atoms with Crippen LogP contribution in [0.15, 0.2) is 46.1 Å². The number of rotatable bonds is 1. The van der Waals surface area contributed by atoms with Gasteiger partial charge in [0.25, 0.3) is 0 Å². The lowest BCUT2D eigenvalue weighted by Gasteiger charge is -2.26. The van der Waals surface area contributed by atoms with Gasteiger partial charge in [-0.25, -0.2) is 0 Å². The fourth-order valence-electron chi connectivity index (χ4n) is 3.91. The van der Waals surface area contributed by atoms with Crippen LogP contribution < -0.4 is 10.6 Å². The minimum absolute atomic E-state index is 1.10.